The van der Waals surface area contributed by atoms with E-state index >= 15 is 0 Å². The number of halogens is 2. The Morgan fingerprint density at radius 2 is 2.25 bits per heavy atom. The van der Waals surface area contributed by atoms with Crippen molar-refractivity contribution < 1.29 is 9.32 Å². The number of hydrogen-bond acceptors (Lipinski definition) is 4. The Balaban J connectivity index is 0.00000200. The summed E-state index contributed by atoms with van der Waals surface area (Å²) in [6, 6.07) is 0.555. The molecule has 0 spiro atoms. The summed E-state index contributed by atoms with van der Waals surface area (Å²) < 4.78 is 4.89. The summed E-state index contributed by atoms with van der Waals surface area (Å²) in [6.07, 6.45) is 1.02. The van der Waals surface area contributed by atoms with Gasteiger partial charge in [-0.3, -0.25) is 4.79 Å². The maximum absolute atomic E-state index is 12.3. The molecular weight excluding hydrogens is 301 g/mol. The number of amides is 1. The normalized spacial score (nSPS) is 22.5. The van der Waals surface area contributed by atoms with E-state index in [1.165, 1.54) is 0 Å². The van der Waals surface area contributed by atoms with Gasteiger partial charge in [0.2, 0.25) is 11.1 Å². The van der Waals surface area contributed by atoms with Crippen LogP contribution < -0.4 is 5.32 Å². The molecule has 5 nitrogen and oxygen atoms in total. The van der Waals surface area contributed by atoms with Crippen LogP contribution in [0, 0.1) is 6.92 Å². The average molecular weight is 322 g/mol. The molecule has 1 fully saturated rings. The minimum Gasteiger partial charge on any atom is -0.344 e. The van der Waals surface area contributed by atoms with Gasteiger partial charge in [0.05, 0.1) is 5.69 Å². The minimum atomic E-state index is 0. The van der Waals surface area contributed by atoms with E-state index in [2.05, 4.69) is 24.3 Å². The summed E-state index contributed by atoms with van der Waals surface area (Å²) >= 11 is 5.90. The highest BCUT2D eigenvalue weighted by molar-refractivity contribution is 6.29. The lowest BCUT2D eigenvalue weighted by atomic mass is 10.1. The first kappa shape index (κ1) is 17.3. The number of aryl methyl sites for hydroxylation is 1. The summed E-state index contributed by atoms with van der Waals surface area (Å²) in [6.45, 7) is 7.63. The van der Waals surface area contributed by atoms with Gasteiger partial charge < -0.3 is 14.7 Å². The Kier molecular flexibility index (Phi) is 6.30. The molecule has 1 aromatic heterocycles. The summed E-state index contributed by atoms with van der Waals surface area (Å²) in [5.74, 6) is 0.164. The average Bonchev–Trinajstić information content (AvgIpc) is 2.70. The third-order valence-corrected chi connectivity index (χ3v) is 4.18. The molecule has 1 amide bonds. The lowest BCUT2D eigenvalue weighted by molar-refractivity contribution is -0.134. The van der Waals surface area contributed by atoms with Gasteiger partial charge in [0.25, 0.3) is 0 Å². The molecule has 2 rings (SSSR count). The van der Waals surface area contributed by atoms with Crippen LogP contribution in [0.15, 0.2) is 4.52 Å². The molecule has 0 saturated carbocycles. The van der Waals surface area contributed by atoms with E-state index < -0.39 is 0 Å². The van der Waals surface area contributed by atoms with E-state index in [4.69, 9.17) is 16.1 Å². The Bertz CT molecular complexity index is 445. The van der Waals surface area contributed by atoms with Gasteiger partial charge in [0.15, 0.2) is 0 Å². The molecular formula is C13H21Cl2N3O2. The van der Waals surface area contributed by atoms with Gasteiger partial charge >= 0.3 is 0 Å². The van der Waals surface area contributed by atoms with Crippen molar-refractivity contribution in [2.45, 2.75) is 45.7 Å². The zero-order valence-electron chi connectivity index (χ0n) is 12.0. The molecule has 2 unspecified atom stereocenters. The molecule has 7 heteroatoms. The van der Waals surface area contributed by atoms with Crippen molar-refractivity contribution in [2.24, 2.45) is 0 Å². The Morgan fingerprint density at radius 3 is 2.85 bits per heavy atom. The van der Waals surface area contributed by atoms with E-state index in [9.17, 15) is 4.79 Å². The van der Waals surface area contributed by atoms with Crippen LogP contribution in [-0.2, 0) is 11.2 Å². The van der Waals surface area contributed by atoms with Gasteiger partial charge in [-0.1, -0.05) is 5.16 Å². The lowest BCUT2D eigenvalue weighted by Gasteiger charge is -2.38. The number of nitrogens with zero attached hydrogens (tertiary/aromatic N) is 2. The van der Waals surface area contributed by atoms with E-state index in [0.29, 0.717) is 24.1 Å². The van der Waals surface area contributed by atoms with Gasteiger partial charge in [0, 0.05) is 37.2 Å². The van der Waals surface area contributed by atoms with Gasteiger partial charge in [-0.05, 0) is 38.8 Å². The number of carbonyl (C=O) groups excluding carboxylic acids is 1. The molecule has 0 aliphatic carbocycles. The highest BCUT2D eigenvalue weighted by atomic mass is 35.5. The quantitative estimate of drug-likeness (QED) is 0.927. The molecule has 1 N–H and O–H groups in total. The third kappa shape index (κ3) is 3.65. The first-order valence-corrected chi connectivity index (χ1v) is 7.02. The van der Waals surface area contributed by atoms with Gasteiger partial charge in [0.1, 0.15) is 0 Å². The zero-order chi connectivity index (χ0) is 14.0. The summed E-state index contributed by atoms with van der Waals surface area (Å²) in [4.78, 5) is 14.2. The van der Waals surface area contributed by atoms with E-state index in [-0.39, 0.29) is 24.4 Å². The number of aromatic nitrogens is 1. The molecule has 0 radical (unpaired) electrons. The number of hydrogen-bond donors (Lipinski definition) is 1. The highest BCUT2D eigenvalue weighted by Gasteiger charge is 2.28. The Hall–Kier alpha value is -0.780. The molecule has 1 aliphatic heterocycles. The van der Waals surface area contributed by atoms with E-state index in [1.54, 1.807) is 0 Å². The SMILES string of the molecule is Cc1noc(Cl)c1CCC(=O)N1CCNC(C)C1C.Cl. The molecule has 1 saturated heterocycles. The summed E-state index contributed by atoms with van der Waals surface area (Å²) in [7, 11) is 0. The van der Waals surface area contributed by atoms with Gasteiger partial charge in [-0.25, -0.2) is 0 Å². The van der Waals surface area contributed by atoms with Gasteiger partial charge in [-0.15, -0.1) is 12.4 Å². The van der Waals surface area contributed by atoms with Crippen molar-refractivity contribution in [1.29, 1.82) is 0 Å². The third-order valence-electron chi connectivity index (χ3n) is 3.88. The van der Waals surface area contributed by atoms with Crippen molar-refractivity contribution >= 4 is 29.9 Å². The molecule has 1 aliphatic rings. The molecule has 2 atom stereocenters. The fourth-order valence-corrected chi connectivity index (χ4v) is 2.69. The minimum absolute atomic E-state index is 0. The maximum Gasteiger partial charge on any atom is 0.229 e. The fourth-order valence-electron chi connectivity index (χ4n) is 2.42. The van der Waals surface area contributed by atoms with Crippen LogP contribution in [0.1, 0.15) is 31.5 Å². The van der Waals surface area contributed by atoms with Crippen LogP contribution >= 0.6 is 24.0 Å². The molecule has 20 heavy (non-hydrogen) atoms. The van der Waals surface area contributed by atoms with Crippen LogP contribution in [0.2, 0.25) is 5.22 Å². The van der Waals surface area contributed by atoms with Crippen LogP contribution in [0.4, 0.5) is 0 Å². The Labute approximate surface area is 130 Å². The predicted octanol–water partition coefficient (Wildman–Crippen LogP) is 2.20. The van der Waals surface area contributed by atoms with Crippen molar-refractivity contribution in [3.8, 4) is 0 Å². The summed E-state index contributed by atoms with van der Waals surface area (Å²) in [5, 5.41) is 7.45. The Morgan fingerprint density at radius 1 is 1.55 bits per heavy atom. The second kappa shape index (κ2) is 7.29. The first-order valence-electron chi connectivity index (χ1n) is 6.64. The largest absolute Gasteiger partial charge is 0.344 e. The smallest absolute Gasteiger partial charge is 0.229 e. The first-order chi connectivity index (χ1) is 9.00. The molecule has 114 valence electrons. The van der Waals surface area contributed by atoms with E-state index in [1.807, 2.05) is 11.8 Å². The summed E-state index contributed by atoms with van der Waals surface area (Å²) in [5.41, 5.74) is 1.60. The topological polar surface area (TPSA) is 58.4 Å². The number of carbonyl (C=O) groups is 1. The second-order valence-corrected chi connectivity index (χ2v) is 5.43. The lowest BCUT2D eigenvalue weighted by Crippen LogP contribution is -2.57. The number of piperazine rings is 1. The zero-order valence-corrected chi connectivity index (χ0v) is 13.6. The van der Waals surface area contributed by atoms with Crippen LogP contribution in [0.25, 0.3) is 0 Å². The standard InChI is InChI=1S/C13H20ClN3O2.ClH/c1-8-10(3)17(7-6-15-8)12(18)5-4-11-9(2)16-19-13(11)14;/h8,10,15H,4-7H2,1-3H3;1H. The van der Waals surface area contributed by atoms with Crippen LogP contribution in [0.3, 0.4) is 0 Å². The highest BCUT2D eigenvalue weighted by Crippen LogP contribution is 2.21. The second-order valence-electron chi connectivity index (χ2n) is 5.09. The van der Waals surface area contributed by atoms with Crippen molar-refractivity contribution in [1.82, 2.24) is 15.4 Å². The van der Waals surface area contributed by atoms with Crippen molar-refractivity contribution in [3.05, 3.63) is 16.5 Å². The van der Waals surface area contributed by atoms with Crippen LogP contribution in [0.5, 0.6) is 0 Å². The number of rotatable bonds is 3. The fraction of sp³-hybridized carbons (Fsp3) is 0.692. The predicted molar refractivity (Wildman–Crippen MR) is 80.5 cm³/mol. The number of nitrogens with one attached hydrogen (secondary N) is 1. The van der Waals surface area contributed by atoms with Crippen molar-refractivity contribution in [2.75, 3.05) is 13.1 Å². The molecule has 0 aromatic carbocycles. The molecule has 0 bridgehead atoms. The van der Waals surface area contributed by atoms with Gasteiger partial charge in [-0.2, -0.15) is 0 Å². The maximum atomic E-state index is 12.3. The molecule has 1 aromatic rings. The molecule has 2 heterocycles. The monoisotopic (exact) mass is 321 g/mol. The van der Waals surface area contributed by atoms with E-state index in [0.717, 1.165) is 24.3 Å². The van der Waals surface area contributed by atoms with Crippen molar-refractivity contribution in [3.63, 3.8) is 0 Å². The van der Waals surface area contributed by atoms with Crippen LogP contribution in [-0.4, -0.2) is 41.1 Å².